The lowest BCUT2D eigenvalue weighted by molar-refractivity contribution is 0.251. The number of urea groups is 1. The van der Waals surface area contributed by atoms with Crippen molar-refractivity contribution >= 4 is 11.7 Å². The highest BCUT2D eigenvalue weighted by atomic mass is 16.2. The number of rotatable bonds is 7. The summed E-state index contributed by atoms with van der Waals surface area (Å²) in [7, 11) is 0. The van der Waals surface area contributed by atoms with Gasteiger partial charge in [0.15, 0.2) is 0 Å². The first-order valence-electron chi connectivity index (χ1n) is 7.61. The van der Waals surface area contributed by atoms with Crippen LogP contribution in [-0.4, -0.2) is 24.3 Å². The zero-order valence-corrected chi connectivity index (χ0v) is 12.6. The molecule has 0 aliphatic carbocycles. The summed E-state index contributed by atoms with van der Waals surface area (Å²) in [5, 5.41) is 14.3. The summed E-state index contributed by atoms with van der Waals surface area (Å²) in [5.74, 6) is 0. The molecule has 2 aromatic rings. The number of anilines is 1. The number of unbranched alkanes of at least 4 members (excludes halogenated alkanes) is 2. The van der Waals surface area contributed by atoms with Crippen LogP contribution in [0.5, 0.6) is 0 Å². The van der Waals surface area contributed by atoms with Crippen molar-refractivity contribution in [3.8, 4) is 11.1 Å². The van der Waals surface area contributed by atoms with Crippen molar-refractivity contribution in [1.29, 1.82) is 0 Å². The van der Waals surface area contributed by atoms with Gasteiger partial charge in [0.05, 0.1) is 0 Å². The molecule has 0 aliphatic heterocycles. The second-order valence-electron chi connectivity index (χ2n) is 5.11. The first-order chi connectivity index (χ1) is 10.8. The highest BCUT2D eigenvalue weighted by Gasteiger charge is 2.02. The van der Waals surface area contributed by atoms with E-state index in [1.54, 1.807) is 0 Å². The number of nitrogens with one attached hydrogen (secondary N) is 2. The van der Waals surface area contributed by atoms with Crippen molar-refractivity contribution in [3.63, 3.8) is 0 Å². The number of carbonyl (C=O) groups is 1. The Morgan fingerprint density at radius 2 is 1.55 bits per heavy atom. The molecule has 0 aliphatic rings. The minimum Gasteiger partial charge on any atom is -0.396 e. The Bertz CT molecular complexity index is 567. The van der Waals surface area contributed by atoms with E-state index >= 15 is 0 Å². The molecule has 2 amide bonds. The summed E-state index contributed by atoms with van der Waals surface area (Å²) in [6, 6.07) is 17.7. The van der Waals surface area contributed by atoms with Crippen LogP contribution >= 0.6 is 0 Å². The van der Waals surface area contributed by atoms with E-state index < -0.39 is 0 Å². The number of aliphatic hydroxyl groups excluding tert-OH is 1. The van der Waals surface area contributed by atoms with Crippen molar-refractivity contribution in [2.45, 2.75) is 19.3 Å². The molecule has 0 bridgehead atoms. The summed E-state index contributed by atoms with van der Waals surface area (Å²) >= 11 is 0. The predicted molar refractivity (Wildman–Crippen MR) is 89.8 cm³/mol. The van der Waals surface area contributed by atoms with E-state index in [0.717, 1.165) is 36.1 Å². The Labute approximate surface area is 131 Å². The number of amides is 2. The number of hydrogen-bond acceptors (Lipinski definition) is 2. The minimum absolute atomic E-state index is 0.198. The van der Waals surface area contributed by atoms with Gasteiger partial charge in [0, 0.05) is 18.8 Å². The largest absolute Gasteiger partial charge is 0.396 e. The fraction of sp³-hybridized carbons (Fsp3) is 0.278. The van der Waals surface area contributed by atoms with Gasteiger partial charge in [-0.25, -0.2) is 4.79 Å². The fourth-order valence-corrected chi connectivity index (χ4v) is 2.17. The third-order valence-electron chi connectivity index (χ3n) is 3.37. The lowest BCUT2D eigenvalue weighted by Crippen LogP contribution is -2.29. The Morgan fingerprint density at radius 3 is 2.23 bits per heavy atom. The zero-order valence-electron chi connectivity index (χ0n) is 12.6. The maximum Gasteiger partial charge on any atom is 0.319 e. The molecule has 0 spiro atoms. The second kappa shape index (κ2) is 8.85. The number of hydrogen-bond donors (Lipinski definition) is 3. The predicted octanol–water partition coefficient (Wildman–Crippen LogP) is 3.64. The smallest absolute Gasteiger partial charge is 0.319 e. The molecule has 3 N–H and O–H groups in total. The normalized spacial score (nSPS) is 10.2. The molecule has 0 heterocycles. The standard InChI is InChI=1S/C18H22N2O2/c21-14-6-2-5-13-19-18(22)20-17-11-9-16(10-12-17)15-7-3-1-4-8-15/h1,3-4,7-12,21H,2,5-6,13-14H2,(H2,19,20,22). The van der Waals surface area contributed by atoms with E-state index in [-0.39, 0.29) is 12.6 Å². The minimum atomic E-state index is -0.198. The van der Waals surface area contributed by atoms with Crippen molar-refractivity contribution in [2.75, 3.05) is 18.5 Å². The number of benzene rings is 2. The summed E-state index contributed by atoms with van der Waals surface area (Å²) < 4.78 is 0. The van der Waals surface area contributed by atoms with E-state index in [2.05, 4.69) is 22.8 Å². The van der Waals surface area contributed by atoms with Crippen molar-refractivity contribution in [1.82, 2.24) is 5.32 Å². The quantitative estimate of drug-likeness (QED) is 0.683. The molecule has 0 aromatic heterocycles. The van der Waals surface area contributed by atoms with E-state index in [9.17, 15) is 4.79 Å². The Balaban J connectivity index is 1.80. The van der Waals surface area contributed by atoms with Gasteiger partial charge in [0.25, 0.3) is 0 Å². The van der Waals surface area contributed by atoms with Gasteiger partial charge in [0.2, 0.25) is 0 Å². The summed E-state index contributed by atoms with van der Waals surface area (Å²) in [4.78, 5) is 11.7. The van der Waals surface area contributed by atoms with E-state index in [0.29, 0.717) is 6.54 Å². The molecular formula is C18H22N2O2. The van der Waals surface area contributed by atoms with Gasteiger partial charge in [-0.3, -0.25) is 0 Å². The molecule has 0 atom stereocenters. The fourth-order valence-electron chi connectivity index (χ4n) is 2.17. The van der Waals surface area contributed by atoms with Gasteiger partial charge in [-0.2, -0.15) is 0 Å². The first kappa shape index (κ1) is 16.0. The van der Waals surface area contributed by atoms with Crippen LogP contribution in [0.25, 0.3) is 11.1 Å². The molecule has 116 valence electrons. The first-order valence-corrected chi connectivity index (χ1v) is 7.61. The average molecular weight is 298 g/mol. The van der Waals surface area contributed by atoms with Gasteiger partial charge in [-0.05, 0) is 42.5 Å². The lowest BCUT2D eigenvalue weighted by atomic mass is 10.1. The van der Waals surface area contributed by atoms with E-state index in [1.807, 2.05) is 42.5 Å². The maximum absolute atomic E-state index is 11.7. The molecular weight excluding hydrogens is 276 g/mol. The van der Waals surface area contributed by atoms with Gasteiger partial charge >= 0.3 is 6.03 Å². The van der Waals surface area contributed by atoms with Gasteiger partial charge in [-0.1, -0.05) is 42.5 Å². The van der Waals surface area contributed by atoms with Crippen molar-refractivity contribution < 1.29 is 9.90 Å². The van der Waals surface area contributed by atoms with Gasteiger partial charge < -0.3 is 15.7 Å². The molecule has 2 rings (SSSR count). The molecule has 0 radical (unpaired) electrons. The molecule has 0 unspecified atom stereocenters. The molecule has 4 heteroatoms. The molecule has 22 heavy (non-hydrogen) atoms. The summed E-state index contributed by atoms with van der Waals surface area (Å²) in [5.41, 5.74) is 3.05. The van der Waals surface area contributed by atoms with Crippen LogP contribution in [0.1, 0.15) is 19.3 Å². The van der Waals surface area contributed by atoms with E-state index in [4.69, 9.17) is 5.11 Å². The molecule has 4 nitrogen and oxygen atoms in total. The monoisotopic (exact) mass is 298 g/mol. The average Bonchev–Trinajstić information content (AvgIpc) is 2.56. The van der Waals surface area contributed by atoms with Crippen LogP contribution in [0.2, 0.25) is 0 Å². The van der Waals surface area contributed by atoms with Crippen LogP contribution < -0.4 is 10.6 Å². The van der Waals surface area contributed by atoms with Crippen LogP contribution in [0.4, 0.5) is 10.5 Å². The van der Waals surface area contributed by atoms with Crippen LogP contribution in [0.3, 0.4) is 0 Å². The summed E-state index contributed by atoms with van der Waals surface area (Å²) in [6.07, 6.45) is 2.58. The van der Waals surface area contributed by atoms with Crippen LogP contribution in [0, 0.1) is 0 Å². The second-order valence-corrected chi connectivity index (χ2v) is 5.11. The van der Waals surface area contributed by atoms with E-state index in [1.165, 1.54) is 0 Å². The molecule has 2 aromatic carbocycles. The molecule has 0 saturated heterocycles. The highest BCUT2D eigenvalue weighted by molar-refractivity contribution is 5.89. The third kappa shape index (κ3) is 5.22. The Morgan fingerprint density at radius 1 is 0.864 bits per heavy atom. The number of aliphatic hydroxyl groups is 1. The Hall–Kier alpha value is -2.33. The SMILES string of the molecule is O=C(NCCCCCO)Nc1ccc(-c2ccccc2)cc1. The third-order valence-corrected chi connectivity index (χ3v) is 3.37. The molecule has 0 fully saturated rings. The van der Waals surface area contributed by atoms with Gasteiger partial charge in [-0.15, -0.1) is 0 Å². The number of carbonyl (C=O) groups excluding carboxylic acids is 1. The Kier molecular flexibility index (Phi) is 6.45. The zero-order chi connectivity index (χ0) is 15.6. The van der Waals surface area contributed by atoms with Gasteiger partial charge in [0.1, 0.15) is 0 Å². The van der Waals surface area contributed by atoms with Crippen LogP contribution in [-0.2, 0) is 0 Å². The van der Waals surface area contributed by atoms with Crippen molar-refractivity contribution in [3.05, 3.63) is 54.6 Å². The topological polar surface area (TPSA) is 61.4 Å². The maximum atomic E-state index is 11.7. The highest BCUT2D eigenvalue weighted by Crippen LogP contribution is 2.20. The van der Waals surface area contributed by atoms with Crippen LogP contribution in [0.15, 0.2) is 54.6 Å². The molecule has 0 saturated carbocycles. The lowest BCUT2D eigenvalue weighted by Gasteiger charge is -2.08. The summed E-state index contributed by atoms with van der Waals surface area (Å²) in [6.45, 7) is 0.827. The van der Waals surface area contributed by atoms with Crippen molar-refractivity contribution in [2.24, 2.45) is 0 Å².